The van der Waals surface area contributed by atoms with E-state index in [1.54, 1.807) is 30.3 Å². The van der Waals surface area contributed by atoms with Crippen molar-refractivity contribution < 1.29 is 18.8 Å². The molecule has 0 radical (unpaired) electrons. The van der Waals surface area contributed by atoms with Gasteiger partial charge in [0.2, 0.25) is 5.91 Å². The fourth-order valence-electron chi connectivity index (χ4n) is 3.58. The molecule has 156 valence electrons. The van der Waals surface area contributed by atoms with E-state index in [1.807, 2.05) is 36.4 Å². The number of benzene rings is 3. The molecule has 0 bridgehead atoms. The van der Waals surface area contributed by atoms with Crippen LogP contribution < -0.4 is 5.32 Å². The second-order valence-electron chi connectivity index (χ2n) is 7.16. The number of nitrogens with one attached hydrogen (secondary N) is 1. The van der Waals surface area contributed by atoms with Crippen LogP contribution in [-0.4, -0.2) is 34.2 Å². The lowest BCUT2D eigenvalue weighted by Crippen LogP contribution is -2.39. The molecular weight excluding hydrogens is 397 g/mol. The van der Waals surface area contributed by atoms with Crippen LogP contribution in [0.3, 0.4) is 0 Å². The monoisotopic (exact) mass is 417 g/mol. The first-order valence-corrected chi connectivity index (χ1v) is 9.80. The smallest absolute Gasteiger partial charge is 0.322 e. The van der Waals surface area contributed by atoms with Gasteiger partial charge in [0.15, 0.2) is 0 Å². The Labute approximate surface area is 178 Å². The van der Waals surface area contributed by atoms with Crippen LogP contribution in [0.5, 0.6) is 0 Å². The number of urea groups is 1. The zero-order valence-electron chi connectivity index (χ0n) is 16.6. The largest absolute Gasteiger partial charge is 0.328 e. The molecule has 6 nitrogen and oxygen atoms in total. The summed E-state index contributed by atoms with van der Waals surface area (Å²) in [6, 6.07) is 22.6. The van der Waals surface area contributed by atoms with Gasteiger partial charge in [0.05, 0.1) is 5.69 Å². The number of hydrogen-bond donors (Lipinski definition) is 1. The lowest BCUT2D eigenvalue weighted by Gasteiger charge is -2.22. The number of amides is 4. The number of rotatable bonds is 6. The van der Waals surface area contributed by atoms with E-state index in [-0.39, 0.29) is 12.2 Å². The number of nitrogens with zero attached hydrogens (tertiary/aromatic N) is 2. The minimum atomic E-state index is -0.838. The van der Waals surface area contributed by atoms with Crippen LogP contribution in [-0.2, 0) is 16.1 Å². The van der Waals surface area contributed by atoms with Gasteiger partial charge in [-0.3, -0.25) is 14.5 Å². The lowest BCUT2D eigenvalue weighted by atomic mass is 10.1. The van der Waals surface area contributed by atoms with Crippen molar-refractivity contribution in [2.45, 2.75) is 12.6 Å². The van der Waals surface area contributed by atoms with Gasteiger partial charge in [-0.15, -0.1) is 0 Å². The van der Waals surface area contributed by atoms with Crippen molar-refractivity contribution in [1.29, 1.82) is 0 Å². The van der Waals surface area contributed by atoms with Gasteiger partial charge in [0, 0.05) is 6.54 Å². The molecule has 4 amide bonds. The maximum atomic E-state index is 13.8. The molecule has 0 aliphatic carbocycles. The fraction of sp³-hybridized carbons (Fsp3) is 0.125. The Bertz CT molecular complexity index is 1110. The Balaban J connectivity index is 1.58. The first kappa shape index (κ1) is 20.3. The number of imide groups is 1. The normalized spacial score (nSPS) is 16.0. The summed E-state index contributed by atoms with van der Waals surface area (Å²) in [5, 5.41) is 2.42. The molecule has 7 heteroatoms. The van der Waals surface area contributed by atoms with E-state index in [0.29, 0.717) is 5.56 Å². The van der Waals surface area contributed by atoms with Gasteiger partial charge in [0.1, 0.15) is 18.4 Å². The van der Waals surface area contributed by atoms with Crippen molar-refractivity contribution in [3.63, 3.8) is 0 Å². The number of carbonyl (C=O) groups excluding carboxylic acids is 3. The Kier molecular flexibility index (Phi) is 5.75. The molecule has 1 N–H and O–H groups in total. The highest BCUT2D eigenvalue weighted by molar-refractivity contribution is 6.08. The molecule has 31 heavy (non-hydrogen) atoms. The Morgan fingerprint density at radius 3 is 2.16 bits per heavy atom. The summed E-state index contributed by atoms with van der Waals surface area (Å²) in [5.74, 6) is -1.74. The molecule has 1 heterocycles. The molecule has 1 aliphatic rings. The molecule has 1 saturated heterocycles. The van der Waals surface area contributed by atoms with Crippen LogP contribution in [0.15, 0.2) is 84.9 Å². The minimum Gasteiger partial charge on any atom is -0.322 e. The Morgan fingerprint density at radius 1 is 0.871 bits per heavy atom. The van der Waals surface area contributed by atoms with Crippen molar-refractivity contribution in [3.05, 3.63) is 102 Å². The van der Waals surface area contributed by atoms with E-state index >= 15 is 0 Å². The van der Waals surface area contributed by atoms with Gasteiger partial charge in [0.25, 0.3) is 5.91 Å². The molecule has 3 aromatic carbocycles. The van der Waals surface area contributed by atoms with Crippen molar-refractivity contribution in [3.8, 4) is 0 Å². The van der Waals surface area contributed by atoms with Crippen molar-refractivity contribution in [1.82, 2.24) is 9.80 Å². The van der Waals surface area contributed by atoms with Crippen LogP contribution in [0.1, 0.15) is 17.2 Å². The number of para-hydroxylation sites is 1. The van der Waals surface area contributed by atoms with E-state index in [4.69, 9.17) is 0 Å². The van der Waals surface area contributed by atoms with Gasteiger partial charge in [-0.25, -0.2) is 9.18 Å². The molecule has 4 rings (SSSR count). The van der Waals surface area contributed by atoms with E-state index in [9.17, 15) is 18.8 Å². The maximum Gasteiger partial charge on any atom is 0.328 e. The molecule has 3 aromatic rings. The highest BCUT2D eigenvalue weighted by atomic mass is 19.1. The van der Waals surface area contributed by atoms with Crippen LogP contribution in [0, 0.1) is 5.82 Å². The standard InChI is InChI=1S/C24H20FN3O3/c25-19-13-7-8-14-20(19)26-21(29)16-28-23(30)22(18-11-5-2-6-12-18)27(24(28)31)15-17-9-3-1-4-10-17/h1-14,22H,15-16H2,(H,26,29). The third-order valence-electron chi connectivity index (χ3n) is 5.05. The molecule has 0 spiro atoms. The van der Waals surface area contributed by atoms with E-state index in [2.05, 4.69) is 5.32 Å². The van der Waals surface area contributed by atoms with Crippen molar-refractivity contribution >= 4 is 23.5 Å². The van der Waals surface area contributed by atoms with Gasteiger partial charge in [-0.1, -0.05) is 72.8 Å². The average Bonchev–Trinajstić information content (AvgIpc) is 3.01. The fourth-order valence-corrected chi connectivity index (χ4v) is 3.58. The van der Waals surface area contributed by atoms with Crippen LogP contribution in [0.25, 0.3) is 0 Å². The van der Waals surface area contributed by atoms with E-state index in [0.717, 1.165) is 10.5 Å². The quantitative estimate of drug-likeness (QED) is 0.617. The third-order valence-corrected chi connectivity index (χ3v) is 5.05. The van der Waals surface area contributed by atoms with Gasteiger partial charge in [-0.05, 0) is 23.3 Å². The molecule has 1 aliphatic heterocycles. The highest BCUT2D eigenvalue weighted by Gasteiger charge is 2.46. The van der Waals surface area contributed by atoms with E-state index < -0.39 is 36.2 Å². The first-order chi connectivity index (χ1) is 15.0. The molecule has 1 unspecified atom stereocenters. The first-order valence-electron chi connectivity index (χ1n) is 9.80. The second-order valence-corrected chi connectivity index (χ2v) is 7.16. The average molecular weight is 417 g/mol. The molecule has 0 aromatic heterocycles. The Hall–Kier alpha value is -4.00. The van der Waals surface area contributed by atoms with Crippen molar-refractivity contribution in [2.24, 2.45) is 0 Å². The lowest BCUT2D eigenvalue weighted by molar-refractivity contribution is -0.131. The summed E-state index contributed by atoms with van der Waals surface area (Å²) in [5.41, 5.74) is 1.52. The third kappa shape index (κ3) is 4.30. The SMILES string of the molecule is O=C(CN1C(=O)C(c2ccccc2)N(Cc2ccccc2)C1=O)Nc1ccccc1F. The predicted octanol–water partition coefficient (Wildman–Crippen LogP) is 3.97. The number of anilines is 1. The summed E-state index contributed by atoms with van der Waals surface area (Å²) in [7, 11) is 0. The highest BCUT2D eigenvalue weighted by Crippen LogP contribution is 2.32. The topological polar surface area (TPSA) is 69.7 Å². The molecular formula is C24H20FN3O3. The predicted molar refractivity (Wildman–Crippen MR) is 113 cm³/mol. The summed E-state index contributed by atoms with van der Waals surface area (Å²) in [6.45, 7) is -0.281. The molecule has 1 atom stereocenters. The number of halogens is 1. The number of carbonyl (C=O) groups is 3. The summed E-state index contributed by atoms with van der Waals surface area (Å²) < 4.78 is 13.8. The van der Waals surface area contributed by atoms with E-state index in [1.165, 1.54) is 23.1 Å². The second kappa shape index (κ2) is 8.79. The molecule has 1 fully saturated rings. The van der Waals surface area contributed by atoms with Gasteiger partial charge in [-0.2, -0.15) is 0 Å². The number of hydrogen-bond acceptors (Lipinski definition) is 3. The zero-order chi connectivity index (χ0) is 21.8. The van der Waals surface area contributed by atoms with Gasteiger partial charge >= 0.3 is 6.03 Å². The van der Waals surface area contributed by atoms with Crippen LogP contribution in [0.4, 0.5) is 14.9 Å². The summed E-state index contributed by atoms with van der Waals surface area (Å²) in [4.78, 5) is 41.2. The van der Waals surface area contributed by atoms with Crippen molar-refractivity contribution in [2.75, 3.05) is 11.9 Å². The Morgan fingerprint density at radius 2 is 1.48 bits per heavy atom. The summed E-state index contributed by atoms with van der Waals surface area (Å²) >= 11 is 0. The summed E-state index contributed by atoms with van der Waals surface area (Å²) in [6.07, 6.45) is 0. The minimum absolute atomic E-state index is 0.00709. The van der Waals surface area contributed by atoms with Crippen LogP contribution in [0.2, 0.25) is 0 Å². The van der Waals surface area contributed by atoms with Gasteiger partial charge < -0.3 is 10.2 Å². The molecule has 0 saturated carbocycles. The maximum absolute atomic E-state index is 13.8. The van der Waals surface area contributed by atoms with Crippen LogP contribution >= 0.6 is 0 Å². The zero-order valence-corrected chi connectivity index (χ0v) is 16.6.